The van der Waals surface area contributed by atoms with Gasteiger partial charge in [0.05, 0.1) is 6.61 Å². The van der Waals surface area contributed by atoms with Crippen LogP contribution in [0, 0.1) is 0 Å². The average Bonchev–Trinajstić information content (AvgIpc) is 2.68. The van der Waals surface area contributed by atoms with E-state index in [4.69, 9.17) is 4.74 Å². The number of rotatable bonds is 7. The van der Waals surface area contributed by atoms with Gasteiger partial charge in [-0.25, -0.2) is 4.79 Å². The minimum atomic E-state index is -0.998. The monoisotopic (exact) mass is 367 g/mol. The van der Waals surface area contributed by atoms with Gasteiger partial charge in [-0.3, -0.25) is 4.79 Å². The van der Waals surface area contributed by atoms with Crippen LogP contribution < -0.4 is 5.32 Å². The summed E-state index contributed by atoms with van der Waals surface area (Å²) in [4.78, 5) is 24.3. The third-order valence-electron chi connectivity index (χ3n) is 5.14. The van der Waals surface area contributed by atoms with Crippen molar-refractivity contribution < 1.29 is 19.4 Å². The van der Waals surface area contributed by atoms with E-state index >= 15 is 0 Å². The smallest absolute Gasteiger partial charge is 0.326 e. The van der Waals surface area contributed by atoms with E-state index in [0.717, 1.165) is 24.8 Å². The molecule has 0 saturated heterocycles. The lowest BCUT2D eigenvalue weighted by Crippen LogP contribution is -2.42. The van der Waals surface area contributed by atoms with Crippen molar-refractivity contribution in [1.82, 2.24) is 5.32 Å². The SMILES string of the molecule is COCc1ccc(C(=O)NC(CC2CCCc3ccccc32)C(=O)O)cc1. The predicted octanol–water partition coefficient (Wildman–Crippen LogP) is 3.53. The van der Waals surface area contributed by atoms with Crippen molar-refractivity contribution in [2.75, 3.05) is 7.11 Å². The zero-order valence-electron chi connectivity index (χ0n) is 15.5. The van der Waals surface area contributed by atoms with Crippen LogP contribution in [0.25, 0.3) is 0 Å². The summed E-state index contributed by atoms with van der Waals surface area (Å²) in [6.45, 7) is 0.473. The molecule has 0 fully saturated rings. The first-order valence-corrected chi connectivity index (χ1v) is 9.28. The molecule has 5 nitrogen and oxygen atoms in total. The molecular formula is C22H25NO4. The Bertz CT molecular complexity index is 800. The first kappa shape index (κ1) is 19.1. The molecule has 3 rings (SSSR count). The topological polar surface area (TPSA) is 75.6 Å². The minimum Gasteiger partial charge on any atom is -0.480 e. The van der Waals surface area contributed by atoms with Crippen molar-refractivity contribution in [2.24, 2.45) is 0 Å². The molecule has 1 aliphatic rings. The number of fused-ring (bicyclic) bond motifs is 1. The lowest BCUT2D eigenvalue weighted by Gasteiger charge is -2.28. The molecule has 0 heterocycles. The molecule has 2 atom stereocenters. The summed E-state index contributed by atoms with van der Waals surface area (Å²) in [5, 5.41) is 12.3. The fourth-order valence-corrected chi connectivity index (χ4v) is 3.77. The summed E-state index contributed by atoms with van der Waals surface area (Å²) < 4.78 is 5.06. The Balaban J connectivity index is 1.69. The highest BCUT2D eigenvalue weighted by atomic mass is 16.5. The zero-order valence-corrected chi connectivity index (χ0v) is 15.5. The fourth-order valence-electron chi connectivity index (χ4n) is 3.77. The first-order chi connectivity index (χ1) is 13.1. The second-order valence-corrected chi connectivity index (χ2v) is 7.02. The van der Waals surface area contributed by atoms with Crippen molar-refractivity contribution >= 4 is 11.9 Å². The van der Waals surface area contributed by atoms with Gasteiger partial charge >= 0.3 is 5.97 Å². The molecule has 0 bridgehead atoms. The maximum atomic E-state index is 12.5. The largest absolute Gasteiger partial charge is 0.480 e. The van der Waals surface area contributed by atoms with E-state index in [2.05, 4.69) is 17.4 Å². The second kappa shape index (κ2) is 8.82. The maximum absolute atomic E-state index is 12.5. The predicted molar refractivity (Wildman–Crippen MR) is 103 cm³/mol. The van der Waals surface area contributed by atoms with Crippen LogP contribution in [0.15, 0.2) is 48.5 Å². The van der Waals surface area contributed by atoms with Crippen LogP contribution in [0.4, 0.5) is 0 Å². The Labute approximate surface area is 159 Å². The van der Waals surface area contributed by atoms with Crippen molar-refractivity contribution in [1.29, 1.82) is 0 Å². The van der Waals surface area contributed by atoms with Gasteiger partial charge in [-0.1, -0.05) is 36.4 Å². The van der Waals surface area contributed by atoms with Gasteiger partial charge in [-0.2, -0.15) is 0 Å². The second-order valence-electron chi connectivity index (χ2n) is 7.02. The summed E-state index contributed by atoms with van der Waals surface area (Å²) >= 11 is 0. The van der Waals surface area contributed by atoms with E-state index in [0.29, 0.717) is 18.6 Å². The highest BCUT2D eigenvalue weighted by Crippen LogP contribution is 2.34. The Kier molecular flexibility index (Phi) is 6.24. The highest BCUT2D eigenvalue weighted by Gasteiger charge is 2.28. The standard InChI is InChI=1S/C22H25NO4/c1-27-14-15-9-11-17(12-10-15)21(24)23-20(22(25)26)13-18-7-4-6-16-5-2-3-8-19(16)18/h2-3,5,8-12,18,20H,4,6-7,13-14H2,1H3,(H,23,24)(H,25,26). The summed E-state index contributed by atoms with van der Waals surface area (Å²) in [6, 6.07) is 14.3. The Morgan fingerprint density at radius 3 is 2.63 bits per heavy atom. The summed E-state index contributed by atoms with van der Waals surface area (Å²) in [6.07, 6.45) is 3.43. The molecule has 27 heavy (non-hydrogen) atoms. The highest BCUT2D eigenvalue weighted by molar-refractivity contribution is 5.96. The number of aryl methyl sites for hydroxylation is 1. The molecule has 0 aromatic heterocycles. The number of ether oxygens (including phenoxy) is 1. The number of aliphatic carboxylic acids is 1. The minimum absolute atomic E-state index is 0.153. The van der Waals surface area contributed by atoms with Gasteiger partial charge in [0.25, 0.3) is 5.91 Å². The van der Waals surface area contributed by atoms with Gasteiger partial charge in [0.2, 0.25) is 0 Å². The van der Waals surface area contributed by atoms with E-state index in [9.17, 15) is 14.7 Å². The molecule has 142 valence electrons. The molecule has 2 N–H and O–H groups in total. The molecular weight excluding hydrogens is 342 g/mol. The van der Waals surface area contributed by atoms with Gasteiger partial charge in [0, 0.05) is 12.7 Å². The number of methoxy groups -OCH3 is 1. The van der Waals surface area contributed by atoms with Crippen molar-refractivity contribution in [3.05, 3.63) is 70.8 Å². The van der Waals surface area contributed by atoms with Crippen LogP contribution in [-0.4, -0.2) is 30.1 Å². The fraction of sp³-hybridized carbons (Fsp3) is 0.364. The number of hydrogen-bond donors (Lipinski definition) is 2. The number of nitrogens with one attached hydrogen (secondary N) is 1. The van der Waals surface area contributed by atoms with E-state index < -0.39 is 12.0 Å². The average molecular weight is 367 g/mol. The Morgan fingerprint density at radius 1 is 1.19 bits per heavy atom. The Morgan fingerprint density at radius 2 is 1.93 bits per heavy atom. The number of carbonyl (C=O) groups is 2. The van der Waals surface area contributed by atoms with E-state index in [1.807, 2.05) is 24.3 Å². The van der Waals surface area contributed by atoms with Gasteiger partial charge in [-0.15, -0.1) is 0 Å². The number of hydrogen-bond acceptors (Lipinski definition) is 3. The van der Waals surface area contributed by atoms with Crippen molar-refractivity contribution in [3.63, 3.8) is 0 Å². The number of carboxylic acid groups (broad SMARTS) is 1. The van der Waals surface area contributed by atoms with Crippen LogP contribution in [0.5, 0.6) is 0 Å². The number of carbonyl (C=O) groups excluding carboxylic acids is 1. The van der Waals surface area contributed by atoms with Gasteiger partial charge in [0.15, 0.2) is 0 Å². The lowest BCUT2D eigenvalue weighted by molar-refractivity contribution is -0.139. The normalized spacial score (nSPS) is 17.0. The van der Waals surface area contributed by atoms with Crippen molar-refractivity contribution in [3.8, 4) is 0 Å². The van der Waals surface area contributed by atoms with Crippen LogP contribution >= 0.6 is 0 Å². The third kappa shape index (κ3) is 4.74. The third-order valence-corrected chi connectivity index (χ3v) is 5.14. The summed E-state index contributed by atoms with van der Waals surface area (Å²) in [5.41, 5.74) is 3.92. The number of amides is 1. The Hall–Kier alpha value is -2.66. The molecule has 2 aromatic carbocycles. The van der Waals surface area contributed by atoms with E-state index in [1.54, 1.807) is 19.2 Å². The summed E-state index contributed by atoms with van der Waals surface area (Å²) in [5.74, 6) is -1.21. The molecule has 0 saturated carbocycles. The molecule has 0 spiro atoms. The van der Waals surface area contributed by atoms with Gasteiger partial charge in [-0.05, 0) is 60.4 Å². The molecule has 2 unspecified atom stereocenters. The first-order valence-electron chi connectivity index (χ1n) is 9.28. The molecule has 2 aromatic rings. The van der Waals surface area contributed by atoms with Gasteiger partial charge in [0.1, 0.15) is 6.04 Å². The zero-order chi connectivity index (χ0) is 19.2. The number of benzene rings is 2. The maximum Gasteiger partial charge on any atom is 0.326 e. The molecule has 0 aliphatic heterocycles. The molecule has 1 amide bonds. The lowest BCUT2D eigenvalue weighted by atomic mass is 9.79. The molecule has 1 aliphatic carbocycles. The molecule has 0 radical (unpaired) electrons. The summed E-state index contributed by atoms with van der Waals surface area (Å²) in [7, 11) is 1.61. The number of carboxylic acids is 1. The van der Waals surface area contributed by atoms with Gasteiger partial charge < -0.3 is 15.2 Å². The molecule has 5 heteroatoms. The van der Waals surface area contributed by atoms with E-state index in [1.165, 1.54) is 11.1 Å². The van der Waals surface area contributed by atoms with Crippen LogP contribution in [-0.2, 0) is 22.6 Å². The van der Waals surface area contributed by atoms with Crippen LogP contribution in [0.3, 0.4) is 0 Å². The quantitative estimate of drug-likeness (QED) is 0.785. The van der Waals surface area contributed by atoms with Crippen molar-refractivity contribution in [2.45, 2.75) is 44.2 Å². The van der Waals surface area contributed by atoms with E-state index in [-0.39, 0.29) is 11.8 Å². The van der Waals surface area contributed by atoms with Crippen LogP contribution in [0.2, 0.25) is 0 Å². The van der Waals surface area contributed by atoms with Crippen LogP contribution in [0.1, 0.15) is 52.2 Å².